The molecule has 18 heavy (non-hydrogen) atoms. The maximum absolute atomic E-state index is 9.81. The van der Waals surface area contributed by atoms with Crippen LogP contribution in [0, 0.1) is 6.92 Å². The van der Waals surface area contributed by atoms with Gasteiger partial charge in [-0.05, 0) is 36.2 Å². The number of benzene rings is 2. The van der Waals surface area contributed by atoms with Gasteiger partial charge in [-0.3, -0.25) is 0 Å². The number of aromatic hydroxyl groups is 1. The SMILES string of the molecule is COc1ccc(COc2cccc(C)c2O)cc1. The highest BCUT2D eigenvalue weighted by atomic mass is 16.5. The summed E-state index contributed by atoms with van der Waals surface area (Å²) in [5.41, 5.74) is 1.83. The summed E-state index contributed by atoms with van der Waals surface area (Å²) < 4.78 is 10.7. The lowest BCUT2D eigenvalue weighted by atomic mass is 10.2. The maximum Gasteiger partial charge on any atom is 0.161 e. The zero-order valence-electron chi connectivity index (χ0n) is 10.5. The minimum absolute atomic E-state index is 0.200. The van der Waals surface area contributed by atoms with Crippen molar-refractivity contribution in [3.8, 4) is 17.2 Å². The van der Waals surface area contributed by atoms with Gasteiger partial charge in [-0.2, -0.15) is 0 Å². The number of hydrogen-bond donors (Lipinski definition) is 1. The summed E-state index contributed by atoms with van der Waals surface area (Å²) in [6.45, 7) is 2.26. The van der Waals surface area contributed by atoms with E-state index in [1.54, 1.807) is 13.2 Å². The molecule has 0 aliphatic carbocycles. The van der Waals surface area contributed by atoms with Crippen LogP contribution in [0.5, 0.6) is 17.2 Å². The predicted octanol–water partition coefficient (Wildman–Crippen LogP) is 3.29. The van der Waals surface area contributed by atoms with Gasteiger partial charge in [0.2, 0.25) is 0 Å². The Kier molecular flexibility index (Phi) is 3.72. The average molecular weight is 244 g/mol. The lowest BCUT2D eigenvalue weighted by molar-refractivity contribution is 0.288. The van der Waals surface area contributed by atoms with Gasteiger partial charge in [0.25, 0.3) is 0 Å². The van der Waals surface area contributed by atoms with Crippen molar-refractivity contribution in [1.29, 1.82) is 0 Å². The van der Waals surface area contributed by atoms with Gasteiger partial charge in [-0.1, -0.05) is 24.3 Å². The molecule has 0 heterocycles. The van der Waals surface area contributed by atoms with Gasteiger partial charge < -0.3 is 14.6 Å². The van der Waals surface area contributed by atoms with Gasteiger partial charge in [-0.25, -0.2) is 0 Å². The molecule has 0 spiro atoms. The minimum atomic E-state index is 0.200. The first-order valence-corrected chi connectivity index (χ1v) is 5.75. The standard InChI is InChI=1S/C15H16O3/c1-11-4-3-5-14(15(11)16)18-10-12-6-8-13(17-2)9-7-12/h3-9,16H,10H2,1-2H3. The smallest absolute Gasteiger partial charge is 0.161 e. The Bertz CT molecular complexity index is 518. The second-order valence-electron chi connectivity index (χ2n) is 4.06. The molecule has 0 radical (unpaired) electrons. The first kappa shape index (κ1) is 12.3. The molecule has 1 N–H and O–H groups in total. The van der Waals surface area contributed by atoms with Crippen LogP contribution >= 0.6 is 0 Å². The van der Waals surface area contributed by atoms with E-state index in [-0.39, 0.29) is 5.75 Å². The third-order valence-corrected chi connectivity index (χ3v) is 2.75. The summed E-state index contributed by atoms with van der Waals surface area (Å²) in [7, 11) is 1.64. The number of phenolic OH excluding ortho intramolecular Hbond substituents is 1. The quantitative estimate of drug-likeness (QED) is 0.897. The van der Waals surface area contributed by atoms with E-state index in [4.69, 9.17) is 9.47 Å². The van der Waals surface area contributed by atoms with Crippen molar-refractivity contribution in [1.82, 2.24) is 0 Å². The molecule has 0 aliphatic rings. The first-order valence-electron chi connectivity index (χ1n) is 5.75. The zero-order chi connectivity index (χ0) is 13.0. The van der Waals surface area contributed by atoms with Crippen LogP contribution in [0.1, 0.15) is 11.1 Å². The molecule has 0 aliphatic heterocycles. The Hall–Kier alpha value is -2.16. The molecule has 2 rings (SSSR count). The number of aryl methyl sites for hydroxylation is 1. The lowest BCUT2D eigenvalue weighted by Crippen LogP contribution is -1.96. The Labute approximate surface area is 107 Å². The van der Waals surface area contributed by atoms with E-state index < -0.39 is 0 Å². The largest absolute Gasteiger partial charge is 0.504 e. The van der Waals surface area contributed by atoms with Crippen LogP contribution in [-0.4, -0.2) is 12.2 Å². The fraction of sp³-hybridized carbons (Fsp3) is 0.200. The van der Waals surface area contributed by atoms with E-state index in [0.717, 1.165) is 16.9 Å². The predicted molar refractivity (Wildman–Crippen MR) is 70.2 cm³/mol. The second-order valence-corrected chi connectivity index (χ2v) is 4.06. The molecular formula is C15H16O3. The topological polar surface area (TPSA) is 38.7 Å². The summed E-state index contributed by atoms with van der Waals surface area (Å²) in [4.78, 5) is 0. The van der Waals surface area contributed by atoms with Crippen LogP contribution < -0.4 is 9.47 Å². The monoisotopic (exact) mass is 244 g/mol. The molecule has 2 aromatic rings. The fourth-order valence-electron chi connectivity index (χ4n) is 1.63. The van der Waals surface area contributed by atoms with Gasteiger partial charge in [0.15, 0.2) is 11.5 Å². The fourth-order valence-corrected chi connectivity index (χ4v) is 1.63. The first-order chi connectivity index (χ1) is 8.70. The van der Waals surface area contributed by atoms with E-state index in [1.807, 2.05) is 43.3 Å². The molecule has 0 saturated heterocycles. The molecule has 0 aromatic heterocycles. The molecule has 0 saturated carbocycles. The molecule has 0 atom stereocenters. The van der Waals surface area contributed by atoms with Crippen molar-refractivity contribution < 1.29 is 14.6 Å². The third kappa shape index (κ3) is 2.74. The lowest BCUT2D eigenvalue weighted by Gasteiger charge is -2.09. The van der Waals surface area contributed by atoms with Crippen molar-refractivity contribution in [2.24, 2.45) is 0 Å². The molecule has 0 bridgehead atoms. The van der Waals surface area contributed by atoms with E-state index in [1.165, 1.54) is 0 Å². The normalized spacial score (nSPS) is 10.1. The number of methoxy groups -OCH3 is 1. The van der Waals surface area contributed by atoms with E-state index >= 15 is 0 Å². The summed E-state index contributed by atoms with van der Waals surface area (Å²) in [6, 6.07) is 13.1. The van der Waals surface area contributed by atoms with Gasteiger partial charge in [-0.15, -0.1) is 0 Å². The van der Waals surface area contributed by atoms with E-state index in [2.05, 4.69) is 0 Å². The van der Waals surface area contributed by atoms with E-state index in [9.17, 15) is 5.11 Å². The number of hydrogen-bond acceptors (Lipinski definition) is 3. The Morgan fingerprint density at radius 1 is 1.06 bits per heavy atom. The Morgan fingerprint density at radius 2 is 1.78 bits per heavy atom. The van der Waals surface area contributed by atoms with Crippen molar-refractivity contribution >= 4 is 0 Å². The molecule has 0 unspecified atom stereocenters. The zero-order valence-corrected chi connectivity index (χ0v) is 10.5. The van der Waals surface area contributed by atoms with Crippen LogP contribution in [0.2, 0.25) is 0 Å². The molecule has 2 aromatic carbocycles. The van der Waals surface area contributed by atoms with Crippen LogP contribution in [0.4, 0.5) is 0 Å². The molecular weight excluding hydrogens is 228 g/mol. The number of ether oxygens (including phenoxy) is 2. The van der Waals surface area contributed by atoms with Crippen LogP contribution in [-0.2, 0) is 6.61 Å². The van der Waals surface area contributed by atoms with Gasteiger partial charge in [0, 0.05) is 0 Å². The van der Waals surface area contributed by atoms with Gasteiger partial charge in [0.05, 0.1) is 7.11 Å². The summed E-state index contributed by atoms with van der Waals surface area (Å²) in [5, 5.41) is 9.81. The highest BCUT2D eigenvalue weighted by molar-refractivity contribution is 5.44. The van der Waals surface area contributed by atoms with Crippen LogP contribution in [0.3, 0.4) is 0 Å². The number of rotatable bonds is 4. The molecule has 3 nitrogen and oxygen atoms in total. The molecule has 94 valence electrons. The maximum atomic E-state index is 9.81. The molecule has 3 heteroatoms. The molecule has 0 amide bonds. The third-order valence-electron chi connectivity index (χ3n) is 2.75. The summed E-state index contributed by atoms with van der Waals surface area (Å²) in [5.74, 6) is 1.52. The number of phenols is 1. The number of para-hydroxylation sites is 1. The van der Waals surface area contributed by atoms with Gasteiger partial charge >= 0.3 is 0 Å². The average Bonchev–Trinajstić information content (AvgIpc) is 2.41. The van der Waals surface area contributed by atoms with Gasteiger partial charge in [0.1, 0.15) is 12.4 Å². The van der Waals surface area contributed by atoms with Crippen molar-refractivity contribution in [3.63, 3.8) is 0 Å². The highest BCUT2D eigenvalue weighted by Crippen LogP contribution is 2.29. The second kappa shape index (κ2) is 5.45. The Morgan fingerprint density at radius 3 is 2.44 bits per heavy atom. The van der Waals surface area contributed by atoms with Crippen LogP contribution in [0.25, 0.3) is 0 Å². The molecule has 0 fully saturated rings. The summed E-state index contributed by atoms with van der Waals surface area (Å²) >= 11 is 0. The van der Waals surface area contributed by atoms with Crippen molar-refractivity contribution in [2.75, 3.05) is 7.11 Å². The highest BCUT2D eigenvalue weighted by Gasteiger charge is 2.04. The van der Waals surface area contributed by atoms with Crippen molar-refractivity contribution in [2.45, 2.75) is 13.5 Å². The Balaban J connectivity index is 2.04. The summed E-state index contributed by atoms with van der Waals surface area (Å²) in [6.07, 6.45) is 0. The van der Waals surface area contributed by atoms with E-state index in [0.29, 0.717) is 12.4 Å². The van der Waals surface area contributed by atoms with Crippen LogP contribution in [0.15, 0.2) is 42.5 Å². The minimum Gasteiger partial charge on any atom is -0.504 e. The van der Waals surface area contributed by atoms with Crippen molar-refractivity contribution in [3.05, 3.63) is 53.6 Å².